The largest absolute Gasteiger partial charge is 0.443 e. The van der Waals surface area contributed by atoms with Gasteiger partial charge in [0.2, 0.25) is 5.90 Å². The predicted molar refractivity (Wildman–Crippen MR) is 81.0 cm³/mol. The Morgan fingerprint density at radius 1 is 1.33 bits per heavy atom. The maximum Gasteiger partial charge on any atom is 0.280 e. The highest BCUT2D eigenvalue weighted by Gasteiger charge is 2.24. The molecule has 3 rings (SSSR count). The molecule has 0 bridgehead atoms. The van der Waals surface area contributed by atoms with Crippen molar-refractivity contribution in [2.75, 3.05) is 0 Å². The Morgan fingerprint density at radius 3 is 3.00 bits per heavy atom. The second kappa shape index (κ2) is 5.66. The molecule has 0 spiro atoms. The first-order valence-electron chi connectivity index (χ1n) is 6.62. The first-order chi connectivity index (χ1) is 10.1. The summed E-state index contributed by atoms with van der Waals surface area (Å²) >= 11 is 5.94. The molecule has 1 amide bonds. The van der Waals surface area contributed by atoms with Crippen molar-refractivity contribution in [2.45, 2.75) is 13.3 Å². The lowest BCUT2D eigenvalue weighted by molar-refractivity contribution is 0.100. The third-order valence-corrected chi connectivity index (χ3v) is 3.55. The van der Waals surface area contributed by atoms with Crippen LogP contribution in [0, 0.1) is 5.92 Å². The summed E-state index contributed by atoms with van der Waals surface area (Å²) in [6.07, 6.45) is 3.97. The SMILES string of the molecule is CC1Cc2cnccc2C(=O)N=C1Oc1cccc(Cl)c1. The van der Waals surface area contributed by atoms with Gasteiger partial charge in [0, 0.05) is 28.9 Å². The van der Waals surface area contributed by atoms with Crippen LogP contribution in [0.15, 0.2) is 47.7 Å². The van der Waals surface area contributed by atoms with Gasteiger partial charge in [-0.15, -0.1) is 0 Å². The number of nitrogens with zero attached hydrogens (tertiary/aromatic N) is 2. The number of aliphatic imine (C=N–C) groups is 1. The number of benzene rings is 1. The lowest BCUT2D eigenvalue weighted by atomic mass is 10.00. The van der Waals surface area contributed by atoms with E-state index in [1.807, 2.05) is 6.92 Å². The van der Waals surface area contributed by atoms with Gasteiger partial charge in [0.25, 0.3) is 5.91 Å². The van der Waals surface area contributed by atoms with Crippen LogP contribution < -0.4 is 4.74 Å². The van der Waals surface area contributed by atoms with Crippen molar-refractivity contribution in [1.82, 2.24) is 4.98 Å². The van der Waals surface area contributed by atoms with Crippen molar-refractivity contribution in [3.63, 3.8) is 0 Å². The number of carbonyl (C=O) groups excluding carboxylic acids is 1. The second-order valence-electron chi connectivity index (χ2n) is 4.95. The minimum Gasteiger partial charge on any atom is -0.443 e. The Bertz CT molecular complexity index is 728. The van der Waals surface area contributed by atoms with Gasteiger partial charge >= 0.3 is 0 Å². The average molecular weight is 301 g/mol. The molecule has 1 unspecified atom stereocenters. The molecule has 0 aliphatic carbocycles. The monoisotopic (exact) mass is 300 g/mol. The molecule has 0 fully saturated rings. The van der Waals surface area contributed by atoms with E-state index in [9.17, 15) is 4.79 Å². The predicted octanol–water partition coefficient (Wildman–Crippen LogP) is 3.54. The van der Waals surface area contributed by atoms with E-state index in [0.717, 1.165) is 5.56 Å². The van der Waals surface area contributed by atoms with Crippen LogP contribution in [0.2, 0.25) is 5.02 Å². The van der Waals surface area contributed by atoms with Crippen LogP contribution in [-0.2, 0) is 6.42 Å². The zero-order chi connectivity index (χ0) is 14.8. The number of pyridine rings is 1. The van der Waals surface area contributed by atoms with E-state index in [1.165, 1.54) is 0 Å². The van der Waals surface area contributed by atoms with E-state index in [0.29, 0.717) is 28.7 Å². The zero-order valence-electron chi connectivity index (χ0n) is 11.4. The fraction of sp³-hybridized carbons (Fsp3) is 0.188. The minimum absolute atomic E-state index is 0.0154. The lowest BCUT2D eigenvalue weighted by Gasteiger charge is -2.13. The van der Waals surface area contributed by atoms with Crippen LogP contribution in [0.4, 0.5) is 0 Å². The Balaban J connectivity index is 1.92. The number of fused-ring (bicyclic) bond motifs is 1. The summed E-state index contributed by atoms with van der Waals surface area (Å²) < 4.78 is 5.75. The third kappa shape index (κ3) is 2.95. The van der Waals surface area contributed by atoms with Crippen LogP contribution in [0.25, 0.3) is 0 Å². The molecule has 4 nitrogen and oxygen atoms in total. The Hall–Kier alpha value is -2.20. The van der Waals surface area contributed by atoms with Gasteiger partial charge in [0.1, 0.15) is 5.75 Å². The quantitative estimate of drug-likeness (QED) is 0.809. The molecule has 1 atom stereocenters. The highest BCUT2D eigenvalue weighted by molar-refractivity contribution is 6.30. The van der Waals surface area contributed by atoms with Crippen molar-refractivity contribution < 1.29 is 9.53 Å². The standard InChI is InChI=1S/C16H13ClN2O2/c1-10-7-11-9-18-6-5-14(11)15(20)19-16(10)21-13-4-2-3-12(17)8-13/h2-6,8-10H,7H2,1H3. The van der Waals surface area contributed by atoms with Crippen molar-refractivity contribution >= 4 is 23.4 Å². The van der Waals surface area contributed by atoms with Gasteiger partial charge in [-0.05, 0) is 36.2 Å². The molecule has 1 aliphatic heterocycles. The molecule has 2 aromatic rings. The summed E-state index contributed by atoms with van der Waals surface area (Å²) in [5.74, 6) is 0.663. The first kappa shape index (κ1) is 13.8. The number of amides is 1. The summed E-state index contributed by atoms with van der Waals surface area (Å²) in [4.78, 5) is 20.4. The van der Waals surface area contributed by atoms with Gasteiger partial charge in [-0.3, -0.25) is 9.78 Å². The van der Waals surface area contributed by atoms with E-state index in [4.69, 9.17) is 16.3 Å². The Kier molecular flexibility index (Phi) is 3.71. The fourth-order valence-electron chi connectivity index (χ4n) is 2.26. The molecular formula is C16H13ClN2O2. The average Bonchev–Trinajstić information content (AvgIpc) is 2.57. The summed E-state index contributed by atoms with van der Waals surface area (Å²) in [7, 11) is 0. The van der Waals surface area contributed by atoms with Crippen LogP contribution in [0.1, 0.15) is 22.8 Å². The Morgan fingerprint density at radius 2 is 2.19 bits per heavy atom. The molecule has 2 heterocycles. The van der Waals surface area contributed by atoms with Crippen molar-refractivity contribution in [2.24, 2.45) is 10.9 Å². The van der Waals surface area contributed by atoms with Gasteiger partial charge in [-0.1, -0.05) is 24.6 Å². The smallest absolute Gasteiger partial charge is 0.280 e. The number of aromatic nitrogens is 1. The first-order valence-corrected chi connectivity index (χ1v) is 7.00. The van der Waals surface area contributed by atoms with E-state index >= 15 is 0 Å². The number of hydrogen-bond acceptors (Lipinski definition) is 3. The van der Waals surface area contributed by atoms with Crippen molar-refractivity contribution in [1.29, 1.82) is 0 Å². The number of carbonyl (C=O) groups is 1. The molecule has 1 aromatic carbocycles. The van der Waals surface area contributed by atoms with E-state index in [-0.39, 0.29) is 11.8 Å². The molecule has 1 aromatic heterocycles. The van der Waals surface area contributed by atoms with Gasteiger partial charge < -0.3 is 4.74 Å². The van der Waals surface area contributed by atoms with Crippen LogP contribution >= 0.6 is 11.6 Å². The van der Waals surface area contributed by atoms with E-state index in [2.05, 4.69) is 9.98 Å². The minimum atomic E-state index is -0.297. The number of rotatable bonds is 1. The maximum atomic E-state index is 12.2. The molecule has 21 heavy (non-hydrogen) atoms. The molecule has 106 valence electrons. The number of ether oxygens (including phenoxy) is 1. The second-order valence-corrected chi connectivity index (χ2v) is 5.39. The van der Waals surface area contributed by atoms with Gasteiger partial charge in [-0.2, -0.15) is 4.99 Å². The molecule has 1 aliphatic rings. The van der Waals surface area contributed by atoms with Crippen LogP contribution in [0.3, 0.4) is 0 Å². The maximum absolute atomic E-state index is 12.2. The zero-order valence-corrected chi connectivity index (χ0v) is 12.2. The van der Waals surface area contributed by atoms with Gasteiger partial charge in [0.15, 0.2) is 0 Å². The topological polar surface area (TPSA) is 51.5 Å². The highest BCUT2D eigenvalue weighted by Crippen LogP contribution is 2.23. The number of hydrogen-bond donors (Lipinski definition) is 0. The van der Waals surface area contributed by atoms with E-state index < -0.39 is 0 Å². The van der Waals surface area contributed by atoms with Crippen molar-refractivity contribution in [3.8, 4) is 5.75 Å². The molecular weight excluding hydrogens is 288 g/mol. The molecule has 0 radical (unpaired) electrons. The summed E-state index contributed by atoms with van der Waals surface area (Å²) in [6.45, 7) is 1.97. The lowest BCUT2D eigenvalue weighted by Crippen LogP contribution is -2.19. The number of halogens is 1. The summed E-state index contributed by atoms with van der Waals surface area (Å²) in [5.41, 5.74) is 1.48. The van der Waals surface area contributed by atoms with Crippen LogP contribution in [-0.4, -0.2) is 16.8 Å². The summed E-state index contributed by atoms with van der Waals surface area (Å²) in [6, 6.07) is 8.72. The summed E-state index contributed by atoms with van der Waals surface area (Å²) in [5, 5.41) is 0.577. The van der Waals surface area contributed by atoms with Gasteiger partial charge in [0.05, 0.1) is 0 Å². The highest BCUT2D eigenvalue weighted by atomic mass is 35.5. The third-order valence-electron chi connectivity index (χ3n) is 3.31. The van der Waals surface area contributed by atoms with Gasteiger partial charge in [-0.25, -0.2) is 0 Å². The molecule has 0 N–H and O–H groups in total. The van der Waals surface area contributed by atoms with Crippen LogP contribution in [0.5, 0.6) is 5.75 Å². The van der Waals surface area contributed by atoms with E-state index in [1.54, 1.807) is 42.7 Å². The normalized spacial score (nSPS) is 17.7. The molecule has 0 saturated carbocycles. The van der Waals surface area contributed by atoms with Crippen molar-refractivity contribution in [3.05, 3.63) is 58.9 Å². The fourth-order valence-corrected chi connectivity index (χ4v) is 2.44. The molecule has 5 heteroatoms. The molecule has 0 saturated heterocycles. The Labute approximate surface area is 127 Å².